The fourth-order valence-corrected chi connectivity index (χ4v) is 1.95. The highest BCUT2D eigenvalue weighted by molar-refractivity contribution is 5.92. The molecular weight excluding hydrogens is 268 g/mol. The van der Waals surface area contributed by atoms with E-state index in [4.69, 9.17) is 9.84 Å². The van der Waals surface area contributed by atoms with Gasteiger partial charge in [-0.3, -0.25) is 15.0 Å². The Kier molecular flexibility index (Phi) is 6.96. The monoisotopic (exact) mass is 288 g/mol. The minimum absolute atomic E-state index is 0.0875. The first-order valence-corrected chi connectivity index (χ1v) is 6.53. The van der Waals surface area contributed by atoms with Gasteiger partial charge in [-0.15, -0.1) is 0 Å². The standard InChI is InChI=1S/C12H20N2O6/c1-2-19-12(18)13-10(15)7-14-5-3-9(4-6-14)20-8-11(16)17/h9H,2-8H2,1H3,(H,16,17)(H,13,15,18). The van der Waals surface area contributed by atoms with Gasteiger partial charge in [-0.1, -0.05) is 0 Å². The van der Waals surface area contributed by atoms with E-state index in [9.17, 15) is 14.4 Å². The van der Waals surface area contributed by atoms with Crippen LogP contribution in [-0.4, -0.2) is 66.9 Å². The predicted octanol–water partition coefficient (Wildman–Crippen LogP) is -0.175. The molecule has 20 heavy (non-hydrogen) atoms. The molecule has 0 aromatic rings. The van der Waals surface area contributed by atoms with E-state index in [0.29, 0.717) is 25.9 Å². The molecule has 1 heterocycles. The Hall–Kier alpha value is -1.67. The Bertz CT molecular complexity index is 352. The number of imide groups is 1. The van der Waals surface area contributed by atoms with E-state index in [1.54, 1.807) is 6.92 Å². The highest BCUT2D eigenvalue weighted by Gasteiger charge is 2.22. The zero-order valence-electron chi connectivity index (χ0n) is 11.5. The number of aliphatic carboxylic acids is 1. The van der Waals surface area contributed by atoms with E-state index in [0.717, 1.165) is 0 Å². The van der Waals surface area contributed by atoms with Crippen LogP contribution < -0.4 is 5.32 Å². The van der Waals surface area contributed by atoms with Crippen LogP contribution >= 0.6 is 0 Å². The molecule has 0 atom stereocenters. The van der Waals surface area contributed by atoms with Crippen LogP contribution in [0.2, 0.25) is 0 Å². The molecule has 0 bridgehead atoms. The van der Waals surface area contributed by atoms with Gasteiger partial charge in [0, 0.05) is 13.1 Å². The summed E-state index contributed by atoms with van der Waals surface area (Å²) in [5, 5.41) is 10.6. The van der Waals surface area contributed by atoms with E-state index in [1.165, 1.54) is 0 Å². The number of carboxylic acids is 1. The summed E-state index contributed by atoms with van der Waals surface area (Å²) in [5.41, 5.74) is 0. The summed E-state index contributed by atoms with van der Waals surface area (Å²) in [5.74, 6) is -1.39. The van der Waals surface area contributed by atoms with Gasteiger partial charge in [0.2, 0.25) is 5.91 Å². The molecule has 8 nitrogen and oxygen atoms in total. The maximum atomic E-state index is 11.5. The van der Waals surface area contributed by atoms with Gasteiger partial charge in [0.1, 0.15) is 6.61 Å². The van der Waals surface area contributed by atoms with E-state index < -0.39 is 18.0 Å². The van der Waals surface area contributed by atoms with Crippen LogP contribution in [0.3, 0.4) is 0 Å². The minimum Gasteiger partial charge on any atom is -0.480 e. The average molecular weight is 288 g/mol. The molecule has 8 heteroatoms. The number of amides is 2. The molecule has 2 amide bonds. The number of carbonyl (C=O) groups excluding carboxylic acids is 2. The van der Waals surface area contributed by atoms with Crippen LogP contribution in [0.5, 0.6) is 0 Å². The van der Waals surface area contributed by atoms with Gasteiger partial charge in [0.15, 0.2) is 0 Å². The Morgan fingerprint density at radius 3 is 2.50 bits per heavy atom. The largest absolute Gasteiger partial charge is 0.480 e. The second-order valence-electron chi connectivity index (χ2n) is 4.45. The van der Waals surface area contributed by atoms with Crippen molar-refractivity contribution < 1.29 is 29.0 Å². The second-order valence-corrected chi connectivity index (χ2v) is 4.45. The highest BCUT2D eigenvalue weighted by Crippen LogP contribution is 2.13. The molecule has 1 rings (SSSR count). The quantitative estimate of drug-likeness (QED) is 0.698. The first-order chi connectivity index (χ1) is 9.51. The summed E-state index contributed by atoms with van der Waals surface area (Å²) < 4.78 is 9.80. The summed E-state index contributed by atoms with van der Waals surface area (Å²) in [7, 11) is 0. The Morgan fingerprint density at radius 1 is 1.30 bits per heavy atom. The number of nitrogens with one attached hydrogen (secondary N) is 1. The van der Waals surface area contributed by atoms with Crippen LogP contribution in [-0.2, 0) is 19.1 Å². The fraction of sp³-hybridized carbons (Fsp3) is 0.750. The summed E-state index contributed by atoms with van der Waals surface area (Å²) in [6, 6.07) is 0. The minimum atomic E-state index is -0.985. The van der Waals surface area contributed by atoms with Gasteiger partial charge in [-0.05, 0) is 19.8 Å². The van der Waals surface area contributed by atoms with Crippen LogP contribution in [0.1, 0.15) is 19.8 Å². The van der Waals surface area contributed by atoms with Crippen molar-refractivity contribution in [3.8, 4) is 0 Å². The number of nitrogens with zero attached hydrogens (tertiary/aromatic N) is 1. The number of likely N-dealkylation sites (tertiary alicyclic amines) is 1. The van der Waals surface area contributed by atoms with Crippen LogP contribution in [0.15, 0.2) is 0 Å². The fourth-order valence-electron chi connectivity index (χ4n) is 1.95. The number of piperidine rings is 1. The van der Waals surface area contributed by atoms with Gasteiger partial charge in [0.05, 0.1) is 19.3 Å². The molecule has 1 aliphatic heterocycles. The summed E-state index contributed by atoms with van der Waals surface area (Å²) in [4.78, 5) is 34.8. The van der Waals surface area contributed by atoms with Crippen molar-refractivity contribution in [2.24, 2.45) is 0 Å². The number of hydrogen-bond donors (Lipinski definition) is 2. The van der Waals surface area contributed by atoms with Crippen LogP contribution in [0.4, 0.5) is 4.79 Å². The summed E-state index contributed by atoms with van der Waals surface area (Å²) in [6.45, 7) is 2.94. The van der Waals surface area contributed by atoms with Gasteiger partial charge < -0.3 is 14.6 Å². The first kappa shape index (κ1) is 16.4. The topological polar surface area (TPSA) is 105 Å². The first-order valence-electron chi connectivity index (χ1n) is 6.53. The molecule has 0 unspecified atom stereocenters. The molecule has 2 N–H and O–H groups in total. The molecule has 1 fully saturated rings. The van der Waals surface area contributed by atoms with Gasteiger partial charge in [-0.2, -0.15) is 0 Å². The summed E-state index contributed by atoms with van der Waals surface area (Å²) >= 11 is 0. The highest BCUT2D eigenvalue weighted by atomic mass is 16.5. The number of ether oxygens (including phenoxy) is 2. The van der Waals surface area contributed by atoms with E-state index in [1.807, 2.05) is 4.90 Å². The Labute approximate surface area is 117 Å². The molecule has 1 saturated heterocycles. The molecule has 0 aromatic heterocycles. The lowest BCUT2D eigenvalue weighted by Gasteiger charge is -2.30. The van der Waals surface area contributed by atoms with Crippen molar-refractivity contribution in [1.29, 1.82) is 0 Å². The SMILES string of the molecule is CCOC(=O)NC(=O)CN1CCC(OCC(=O)O)CC1. The maximum absolute atomic E-state index is 11.5. The molecule has 1 aliphatic rings. The zero-order chi connectivity index (χ0) is 15.0. The molecule has 0 spiro atoms. The third-order valence-corrected chi connectivity index (χ3v) is 2.86. The Morgan fingerprint density at radius 2 is 1.95 bits per heavy atom. The lowest BCUT2D eigenvalue weighted by atomic mass is 10.1. The van der Waals surface area contributed by atoms with E-state index in [2.05, 4.69) is 10.1 Å². The number of alkyl carbamates (subject to hydrolysis) is 1. The van der Waals surface area contributed by atoms with Crippen molar-refractivity contribution in [3.63, 3.8) is 0 Å². The number of carboxylic acid groups (broad SMARTS) is 1. The second kappa shape index (κ2) is 8.49. The lowest BCUT2D eigenvalue weighted by molar-refractivity contribution is -0.145. The molecule has 0 radical (unpaired) electrons. The zero-order valence-corrected chi connectivity index (χ0v) is 11.5. The molecular formula is C12H20N2O6. The van der Waals surface area contributed by atoms with Crippen molar-refractivity contribution in [3.05, 3.63) is 0 Å². The number of hydrogen-bond acceptors (Lipinski definition) is 6. The molecule has 0 saturated carbocycles. The van der Waals surface area contributed by atoms with Crippen molar-refractivity contribution in [1.82, 2.24) is 10.2 Å². The lowest BCUT2D eigenvalue weighted by Crippen LogP contribution is -2.44. The molecule has 0 aliphatic carbocycles. The smallest absolute Gasteiger partial charge is 0.413 e. The predicted molar refractivity (Wildman–Crippen MR) is 68.2 cm³/mol. The van der Waals surface area contributed by atoms with Crippen LogP contribution in [0.25, 0.3) is 0 Å². The van der Waals surface area contributed by atoms with Crippen molar-refractivity contribution in [2.75, 3.05) is 32.8 Å². The van der Waals surface area contributed by atoms with Gasteiger partial charge >= 0.3 is 12.1 Å². The maximum Gasteiger partial charge on any atom is 0.413 e. The van der Waals surface area contributed by atoms with Gasteiger partial charge in [-0.25, -0.2) is 9.59 Å². The number of carbonyl (C=O) groups is 3. The van der Waals surface area contributed by atoms with Gasteiger partial charge in [0.25, 0.3) is 0 Å². The Balaban J connectivity index is 2.20. The average Bonchev–Trinajstić information content (AvgIpc) is 2.37. The third-order valence-electron chi connectivity index (χ3n) is 2.86. The van der Waals surface area contributed by atoms with Crippen molar-refractivity contribution >= 4 is 18.0 Å². The summed E-state index contributed by atoms with van der Waals surface area (Å²) in [6.07, 6.45) is 0.507. The van der Waals surface area contributed by atoms with Crippen molar-refractivity contribution in [2.45, 2.75) is 25.9 Å². The van der Waals surface area contributed by atoms with Crippen LogP contribution in [0, 0.1) is 0 Å². The van der Waals surface area contributed by atoms with E-state index in [-0.39, 0.29) is 25.9 Å². The molecule has 0 aromatic carbocycles. The molecule has 114 valence electrons. The third kappa shape index (κ3) is 6.48. The number of rotatable bonds is 6. The normalized spacial score (nSPS) is 16.6. The van der Waals surface area contributed by atoms with E-state index >= 15 is 0 Å².